The van der Waals surface area contributed by atoms with Gasteiger partial charge in [0.2, 0.25) is 11.8 Å². The quantitative estimate of drug-likeness (QED) is 0.140. The number of hydrogen-bond acceptors (Lipinski definition) is 13. The number of amides is 2. The number of nitrogens with zero attached hydrogens (tertiary/aromatic N) is 1. The van der Waals surface area contributed by atoms with E-state index in [0.29, 0.717) is 0 Å². The summed E-state index contributed by atoms with van der Waals surface area (Å²) in [5.41, 5.74) is 3.27. The zero-order valence-electron chi connectivity index (χ0n) is 27.8. The first-order valence-corrected chi connectivity index (χ1v) is 16.3. The molecule has 2 amide bonds. The van der Waals surface area contributed by atoms with Crippen LogP contribution in [-0.2, 0) is 28.6 Å². The molecule has 48 heavy (non-hydrogen) atoms. The molecule has 9 N–H and O–H groups in total. The van der Waals surface area contributed by atoms with Gasteiger partial charge in [-0.3, -0.25) is 14.5 Å². The fourth-order valence-electron chi connectivity index (χ4n) is 6.09. The Morgan fingerprint density at radius 3 is 2.23 bits per heavy atom. The molecule has 0 aromatic heterocycles. The van der Waals surface area contributed by atoms with Crippen molar-refractivity contribution in [2.45, 2.75) is 127 Å². The number of carboxylic acids is 1. The zero-order chi connectivity index (χ0) is 35.7. The van der Waals surface area contributed by atoms with Crippen LogP contribution in [0.4, 0.5) is 5.69 Å². The largest absolute Gasteiger partial charge is 0.479 e. The summed E-state index contributed by atoms with van der Waals surface area (Å²) in [6.45, 7) is 8.80. The Hall–Kier alpha value is -2.77. The van der Waals surface area contributed by atoms with Crippen molar-refractivity contribution in [1.82, 2.24) is 10.2 Å². The number of benzene rings is 1. The molecule has 1 aromatic rings. The molecular formula is C32H51N3O13. The third-order valence-corrected chi connectivity index (χ3v) is 8.79. The van der Waals surface area contributed by atoms with Crippen molar-refractivity contribution < 1.29 is 64.3 Å². The van der Waals surface area contributed by atoms with Gasteiger partial charge in [-0.05, 0) is 57.3 Å². The summed E-state index contributed by atoms with van der Waals surface area (Å²) < 4.78 is 15.3. The normalized spacial score (nSPS) is 34.0. The van der Waals surface area contributed by atoms with E-state index in [1.807, 2.05) is 6.07 Å². The number of rotatable bonds is 10. The molecule has 3 saturated heterocycles. The molecule has 0 bridgehead atoms. The van der Waals surface area contributed by atoms with Crippen LogP contribution in [0.2, 0.25) is 0 Å². The van der Waals surface area contributed by atoms with Gasteiger partial charge in [0, 0.05) is 12.6 Å². The van der Waals surface area contributed by atoms with Crippen LogP contribution >= 0.6 is 0 Å². The molecule has 0 aliphatic carbocycles. The van der Waals surface area contributed by atoms with Crippen molar-refractivity contribution in [1.29, 1.82) is 0 Å². The van der Waals surface area contributed by atoms with Gasteiger partial charge in [-0.15, -0.1) is 0 Å². The number of piperidine rings is 1. The van der Waals surface area contributed by atoms with Gasteiger partial charge in [0.05, 0.1) is 12.6 Å². The molecule has 3 aliphatic rings. The Balaban J connectivity index is 0.000000269. The van der Waals surface area contributed by atoms with Crippen LogP contribution in [0.5, 0.6) is 0 Å². The van der Waals surface area contributed by atoms with E-state index in [1.54, 1.807) is 0 Å². The van der Waals surface area contributed by atoms with Gasteiger partial charge in [0.1, 0.15) is 42.7 Å². The molecule has 16 nitrogen and oxygen atoms in total. The molecule has 3 fully saturated rings. The number of unbranched alkanes of at least 4 members (excludes halogenated alkanes) is 1. The molecule has 272 valence electrons. The Morgan fingerprint density at radius 1 is 0.979 bits per heavy atom. The van der Waals surface area contributed by atoms with E-state index in [-0.39, 0.29) is 11.9 Å². The second-order valence-corrected chi connectivity index (χ2v) is 12.5. The Bertz CT molecular complexity index is 1200. The molecule has 11 atom stereocenters. The highest BCUT2D eigenvalue weighted by Gasteiger charge is 2.52. The Kier molecular flexibility index (Phi) is 15.1. The molecule has 4 rings (SSSR count). The molecule has 1 aromatic carbocycles. The fraction of sp³-hybridized carbons (Fsp3) is 0.719. The highest BCUT2D eigenvalue weighted by atomic mass is 16.7. The number of aliphatic hydroxyl groups is 6. The summed E-state index contributed by atoms with van der Waals surface area (Å²) in [5, 5.41) is 73.6. The van der Waals surface area contributed by atoms with E-state index < -0.39 is 79.8 Å². The molecule has 1 unspecified atom stereocenters. The van der Waals surface area contributed by atoms with Crippen molar-refractivity contribution in [2.75, 3.05) is 25.0 Å². The van der Waals surface area contributed by atoms with Gasteiger partial charge in [-0.2, -0.15) is 0 Å². The fourth-order valence-corrected chi connectivity index (χ4v) is 6.09. The second-order valence-electron chi connectivity index (χ2n) is 12.5. The van der Waals surface area contributed by atoms with Crippen molar-refractivity contribution in [3.05, 3.63) is 29.3 Å². The van der Waals surface area contributed by atoms with Gasteiger partial charge >= 0.3 is 5.97 Å². The number of hydrogen-bond donors (Lipinski definition) is 9. The number of nitrogens with one attached hydrogen (secondary N) is 2. The smallest absolute Gasteiger partial charge is 0.335 e. The molecule has 3 aliphatic heterocycles. The Morgan fingerprint density at radius 2 is 1.65 bits per heavy atom. The number of anilines is 1. The Labute approximate surface area is 279 Å². The molecular weight excluding hydrogens is 634 g/mol. The number of carbonyl (C=O) groups is 3. The number of aryl methyl sites for hydroxylation is 2. The number of carbonyl (C=O) groups excluding carboxylic acids is 2. The monoisotopic (exact) mass is 685 g/mol. The minimum atomic E-state index is -1.95. The minimum Gasteiger partial charge on any atom is -0.479 e. The van der Waals surface area contributed by atoms with Crippen molar-refractivity contribution >= 4 is 23.5 Å². The first-order valence-electron chi connectivity index (χ1n) is 16.3. The molecule has 0 spiro atoms. The second kappa shape index (κ2) is 18.3. The van der Waals surface area contributed by atoms with Crippen LogP contribution < -0.4 is 10.6 Å². The van der Waals surface area contributed by atoms with Gasteiger partial charge in [-0.25, -0.2) is 4.79 Å². The van der Waals surface area contributed by atoms with Crippen LogP contribution in [-0.4, -0.2) is 146 Å². The lowest BCUT2D eigenvalue weighted by atomic mass is 9.95. The summed E-state index contributed by atoms with van der Waals surface area (Å²) in [6.07, 6.45) is -10.0. The summed E-state index contributed by atoms with van der Waals surface area (Å²) in [7, 11) is 0. The lowest BCUT2D eigenvalue weighted by Crippen LogP contribution is -2.67. The molecule has 0 radical (unpaired) electrons. The highest BCUT2D eigenvalue weighted by molar-refractivity contribution is 5.96. The summed E-state index contributed by atoms with van der Waals surface area (Å²) in [6, 6.07) is 4.82. The van der Waals surface area contributed by atoms with E-state index >= 15 is 0 Å². The van der Waals surface area contributed by atoms with Crippen molar-refractivity contribution in [2.24, 2.45) is 0 Å². The van der Waals surface area contributed by atoms with Crippen molar-refractivity contribution in [3.63, 3.8) is 0 Å². The standard InChI is InChI=1S/C18H28N2O.C14H23NO12/c1-4-5-12-20-13-7-6-11-16(20)18(21)19-17-14(2)9-8-10-15(17)3;1-3(17)15-5-10(6(18)4(2-16)25-13(5)24)26-14-9(21)7(19)8(20)11(27-14)12(22)23/h8-10,16H,4-7,11-13H2,1-3H3,(H,19,21);4-11,13-14,16,18-21,24H,2H2,1H3,(H,15,17)(H,22,23)/t;4-,5-,6-,7+,8+,9-,10-,11+,13-,14-/m.1/s1. The van der Waals surface area contributed by atoms with E-state index in [0.717, 1.165) is 49.7 Å². The van der Waals surface area contributed by atoms with Crippen LogP contribution in [0, 0.1) is 13.8 Å². The molecule has 3 heterocycles. The number of para-hydroxylation sites is 1. The van der Waals surface area contributed by atoms with E-state index in [4.69, 9.17) is 19.3 Å². The molecule has 16 heteroatoms. The number of carboxylic acid groups (broad SMARTS) is 1. The van der Waals surface area contributed by atoms with Gasteiger partial charge in [-0.1, -0.05) is 38.0 Å². The van der Waals surface area contributed by atoms with Crippen LogP contribution in [0.15, 0.2) is 18.2 Å². The number of likely N-dealkylation sites (tertiary alicyclic amines) is 1. The predicted octanol–water partition coefficient (Wildman–Crippen LogP) is -1.26. The number of aliphatic hydroxyl groups excluding tert-OH is 6. The summed E-state index contributed by atoms with van der Waals surface area (Å²) in [5.74, 6) is -2.10. The third-order valence-electron chi connectivity index (χ3n) is 8.79. The zero-order valence-corrected chi connectivity index (χ0v) is 27.8. The topological polar surface area (TPSA) is 248 Å². The van der Waals surface area contributed by atoms with Gasteiger partial charge in [0.15, 0.2) is 18.7 Å². The van der Waals surface area contributed by atoms with Crippen molar-refractivity contribution in [3.8, 4) is 0 Å². The van der Waals surface area contributed by atoms with Crippen LogP contribution in [0.3, 0.4) is 0 Å². The van der Waals surface area contributed by atoms with Gasteiger partial charge < -0.3 is 60.6 Å². The SMILES string of the molecule is CC(=O)N[C@@H]1[C@@H](O[C@@H]2O[C@H](C(=O)O)[C@@H](O)[C@H](O)[C@H]2O)[C@H](O)[C@@H](CO)O[C@H]1O.CCCCN1CCCCC1C(=O)Nc1c(C)cccc1C. The predicted molar refractivity (Wildman–Crippen MR) is 169 cm³/mol. The number of ether oxygens (including phenoxy) is 3. The van der Waals surface area contributed by atoms with Crippen LogP contribution in [0.1, 0.15) is 57.1 Å². The summed E-state index contributed by atoms with van der Waals surface area (Å²) in [4.78, 5) is 37.6. The average molecular weight is 686 g/mol. The highest BCUT2D eigenvalue weighted by Crippen LogP contribution is 2.29. The maximum Gasteiger partial charge on any atom is 0.335 e. The maximum atomic E-state index is 12.7. The minimum absolute atomic E-state index is 0.0457. The van der Waals surface area contributed by atoms with Gasteiger partial charge in [0.25, 0.3) is 0 Å². The average Bonchev–Trinajstić information content (AvgIpc) is 3.05. The lowest BCUT2D eigenvalue weighted by Gasteiger charge is -2.46. The lowest BCUT2D eigenvalue weighted by molar-refractivity contribution is -0.336. The summed E-state index contributed by atoms with van der Waals surface area (Å²) >= 11 is 0. The van der Waals surface area contributed by atoms with E-state index in [1.165, 1.54) is 19.3 Å². The molecule has 0 saturated carbocycles. The maximum absolute atomic E-state index is 12.7. The van der Waals surface area contributed by atoms with E-state index in [2.05, 4.69) is 48.4 Å². The van der Waals surface area contributed by atoms with E-state index in [9.17, 15) is 45.0 Å². The first-order chi connectivity index (χ1) is 22.7. The third kappa shape index (κ3) is 9.90. The van der Waals surface area contributed by atoms with Crippen LogP contribution in [0.25, 0.3) is 0 Å². The number of aliphatic carboxylic acids is 1. The first kappa shape index (κ1) is 39.7.